The molecule has 4 nitrogen and oxygen atoms in total. The van der Waals surface area contributed by atoms with Crippen molar-refractivity contribution in [2.24, 2.45) is 17.8 Å². The molecule has 108 valence electrons. The predicted octanol–water partition coefficient (Wildman–Crippen LogP) is 1.96. The van der Waals surface area contributed by atoms with Crippen molar-refractivity contribution < 1.29 is 17.9 Å². The lowest BCUT2D eigenvalue weighted by Crippen LogP contribution is -2.22. The maximum Gasteiger partial charge on any atom is 0.306 e. The SMILES string of the molecule is C[C@@H]1CC=CC[C@@H]1COC(=O)C[C@@H]1CCS(=O)(=O)C1. The average Bonchev–Trinajstić information content (AvgIpc) is 2.67. The lowest BCUT2D eigenvalue weighted by atomic mass is 9.85. The highest BCUT2D eigenvalue weighted by molar-refractivity contribution is 7.91. The number of sulfone groups is 1. The van der Waals surface area contributed by atoms with Gasteiger partial charge in [0, 0.05) is 6.42 Å². The predicted molar refractivity (Wildman–Crippen MR) is 73.4 cm³/mol. The molecule has 0 saturated carbocycles. The van der Waals surface area contributed by atoms with Crippen LogP contribution in [0.15, 0.2) is 12.2 Å². The highest BCUT2D eigenvalue weighted by Gasteiger charge is 2.30. The van der Waals surface area contributed by atoms with Gasteiger partial charge in [-0.25, -0.2) is 8.42 Å². The molecule has 2 rings (SSSR count). The molecule has 2 aliphatic rings. The second kappa shape index (κ2) is 6.07. The summed E-state index contributed by atoms with van der Waals surface area (Å²) >= 11 is 0. The zero-order chi connectivity index (χ0) is 13.9. The lowest BCUT2D eigenvalue weighted by Gasteiger charge is -2.24. The van der Waals surface area contributed by atoms with Gasteiger partial charge in [-0.3, -0.25) is 4.79 Å². The maximum atomic E-state index is 11.7. The number of hydrogen-bond donors (Lipinski definition) is 0. The van der Waals surface area contributed by atoms with Gasteiger partial charge in [0.15, 0.2) is 9.84 Å². The Morgan fingerprint density at radius 3 is 2.68 bits per heavy atom. The Kier molecular flexibility index (Phi) is 4.66. The van der Waals surface area contributed by atoms with Crippen LogP contribution in [0.5, 0.6) is 0 Å². The molecule has 1 aliphatic carbocycles. The minimum atomic E-state index is -2.90. The standard InChI is InChI=1S/C14H22O4S/c1-11-4-2-3-5-13(11)9-18-14(15)8-12-6-7-19(16,17)10-12/h2-3,11-13H,4-10H2,1H3/t11-,12+,13-/m1/s1. The molecule has 0 N–H and O–H groups in total. The van der Waals surface area contributed by atoms with Crippen LogP contribution in [-0.2, 0) is 19.4 Å². The molecule has 1 saturated heterocycles. The summed E-state index contributed by atoms with van der Waals surface area (Å²) < 4.78 is 27.9. The minimum Gasteiger partial charge on any atom is -0.465 e. The summed E-state index contributed by atoms with van der Waals surface area (Å²) in [5.41, 5.74) is 0. The van der Waals surface area contributed by atoms with Gasteiger partial charge >= 0.3 is 5.97 Å². The van der Waals surface area contributed by atoms with Crippen molar-refractivity contribution in [1.82, 2.24) is 0 Å². The molecule has 1 fully saturated rings. The van der Waals surface area contributed by atoms with E-state index in [4.69, 9.17) is 4.74 Å². The minimum absolute atomic E-state index is 0.0406. The van der Waals surface area contributed by atoms with Crippen LogP contribution >= 0.6 is 0 Å². The number of allylic oxidation sites excluding steroid dienone is 2. The third-order valence-corrected chi connectivity index (χ3v) is 6.00. The Hall–Kier alpha value is -0.840. The molecule has 0 aromatic heterocycles. The molecule has 0 radical (unpaired) electrons. The largest absolute Gasteiger partial charge is 0.465 e. The molecule has 0 spiro atoms. The highest BCUT2D eigenvalue weighted by Crippen LogP contribution is 2.26. The van der Waals surface area contributed by atoms with Crippen molar-refractivity contribution in [3.8, 4) is 0 Å². The van der Waals surface area contributed by atoms with E-state index in [9.17, 15) is 13.2 Å². The molecule has 1 heterocycles. The van der Waals surface area contributed by atoms with Crippen LogP contribution in [0.3, 0.4) is 0 Å². The van der Waals surface area contributed by atoms with Gasteiger partial charge in [0.1, 0.15) is 0 Å². The van der Waals surface area contributed by atoms with Crippen LogP contribution in [0.1, 0.15) is 32.6 Å². The first-order valence-corrected chi connectivity index (χ1v) is 8.79. The summed E-state index contributed by atoms with van der Waals surface area (Å²) in [6, 6.07) is 0. The molecule has 0 aromatic carbocycles. The van der Waals surface area contributed by atoms with Crippen LogP contribution in [0.25, 0.3) is 0 Å². The molecular weight excluding hydrogens is 264 g/mol. The van der Waals surface area contributed by atoms with Gasteiger partial charge in [-0.2, -0.15) is 0 Å². The van der Waals surface area contributed by atoms with E-state index in [0.717, 1.165) is 12.8 Å². The van der Waals surface area contributed by atoms with Crippen molar-refractivity contribution >= 4 is 15.8 Å². The maximum absolute atomic E-state index is 11.7. The second-order valence-corrected chi connectivity index (χ2v) is 8.07. The third kappa shape index (κ3) is 4.34. The van der Waals surface area contributed by atoms with Crippen molar-refractivity contribution in [2.45, 2.75) is 32.6 Å². The highest BCUT2D eigenvalue weighted by atomic mass is 32.2. The van der Waals surface area contributed by atoms with E-state index < -0.39 is 9.84 Å². The molecular formula is C14H22O4S. The topological polar surface area (TPSA) is 60.4 Å². The van der Waals surface area contributed by atoms with Gasteiger partial charge in [0.25, 0.3) is 0 Å². The first-order chi connectivity index (χ1) is 8.96. The van der Waals surface area contributed by atoms with Crippen LogP contribution in [-0.4, -0.2) is 32.5 Å². The smallest absolute Gasteiger partial charge is 0.306 e. The number of carbonyl (C=O) groups is 1. The lowest BCUT2D eigenvalue weighted by molar-refractivity contribution is -0.146. The summed E-state index contributed by atoms with van der Waals surface area (Å²) in [4.78, 5) is 11.7. The number of ether oxygens (including phenoxy) is 1. The van der Waals surface area contributed by atoms with Gasteiger partial charge in [0.2, 0.25) is 0 Å². The van der Waals surface area contributed by atoms with E-state index in [1.807, 2.05) is 0 Å². The van der Waals surface area contributed by atoms with Crippen molar-refractivity contribution in [2.75, 3.05) is 18.1 Å². The van der Waals surface area contributed by atoms with Crippen molar-refractivity contribution in [3.63, 3.8) is 0 Å². The number of esters is 1. The van der Waals surface area contributed by atoms with E-state index in [1.54, 1.807) is 0 Å². The third-order valence-electron chi connectivity index (χ3n) is 4.16. The summed E-state index contributed by atoms with van der Waals surface area (Å²) in [5, 5.41) is 0. The number of carbonyl (C=O) groups excluding carboxylic acids is 1. The zero-order valence-electron chi connectivity index (χ0n) is 11.4. The molecule has 0 bridgehead atoms. The summed E-state index contributed by atoms with van der Waals surface area (Å²) in [6.07, 6.45) is 7.17. The first kappa shape index (κ1) is 14.6. The second-order valence-electron chi connectivity index (χ2n) is 5.84. The number of hydrogen-bond acceptors (Lipinski definition) is 4. The van der Waals surface area contributed by atoms with E-state index in [2.05, 4.69) is 19.1 Å². The molecule has 1 aliphatic heterocycles. The Bertz CT molecular complexity index is 452. The molecule has 0 unspecified atom stereocenters. The van der Waals surface area contributed by atoms with Crippen LogP contribution < -0.4 is 0 Å². The normalized spacial score (nSPS) is 33.2. The van der Waals surface area contributed by atoms with Crippen LogP contribution in [0.4, 0.5) is 0 Å². The quantitative estimate of drug-likeness (QED) is 0.585. The van der Waals surface area contributed by atoms with Crippen LogP contribution in [0.2, 0.25) is 0 Å². The van der Waals surface area contributed by atoms with Crippen molar-refractivity contribution in [3.05, 3.63) is 12.2 Å². The van der Waals surface area contributed by atoms with Gasteiger partial charge in [-0.1, -0.05) is 19.1 Å². The summed E-state index contributed by atoms with van der Waals surface area (Å²) in [7, 11) is -2.90. The van der Waals surface area contributed by atoms with Gasteiger partial charge in [-0.05, 0) is 37.0 Å². The number of rotatable bonds is 4. The Morgan fingerprint density at radius 2 is 2.05 bits per heavy atom. The van der Waals surface area contributed by atoms with Gasteiger partial charge in [-0.15, -0.1) is 0 Å². The monoisotopic (exact) mass is 286 g/mol. The zero-order valence-corrected chi connectivity index (χ0v) is 12.2. The van der Waals surface area contributed by atoms with Crippen LogP contribution in [0, 0.1) is 17.8 Å². The fourth-order valence-corrected chi connectivity index (χ4v) is 4.63. The van der Waals surface area contributed by atoms with E-state index in [-0.39, 0.29) is 29.8 Å². The Morgan fingerprint density at radius 1 is 1.32 bits per heavy atom. The molecule has 3 atom stereocenters. The van der Waals surface area contributed by atoms with E-state index in [0.29, 0.717) is 24.9 Å². The summed E-state index contributed by atoms with van der Waals surface area (Å²) in [5.74, 6) is 1.02. The fraction of sp³-hybridized carbons (Fsp3) is 0.786. The van der Waals surface area contributed by atoms with Crippen molar-refractivity contribution in [1.29, 1.82) is 0 Å². The van der Waals surface area contributed by atoms with E-state index in [1.165, 1.54) is 0 Å². The Balaban J connectivity index is 1.72. The fourth-order valence-electron chi connectivity index (χ4n) is 2.77. The molecule has 0 amide bonds. The van der Waals surface area contributed by atoms with Gasteiger partial charge < -0.3 is 4.74 Å². The molecule has 19 heavy (non-hydrogen) atoms. The molecule has 5 heteroatoms. The Labute approximate surface area is 115 Å². The van der Waals surface area contributed by atoms with E-state index >= 15 is 0 Å². The first-order valence-electron chi connectivity index (χ1n) is 6.97. The average molecular weight is 286 g/mol. The molecule has 0 aromatic rings. The summed E-state index contributed by atoms with van der Waals surface area (Å²) in [6.45, 7) is 2.63. The van der Waals surface area contributed by atoms with Gasteiger partial charge in [0.05, 0.1) is 18.1 Å².